The van der Waals surface area contributed by atoms with Gasteiger partial charge >= 0.3 is 0 Å². The van der Waals surface area contributed by atoms with Gasteiger partial charge in [-0.1, -0.05) is 37.3 Å². The molecule has 0 aliphatic rings. The lowest BCUT2D eigenvalue weighted by atomic mass is 10.1. The third-order valence-corrected chi connectivity index (χ3v) is 3.25. The molecule has 0 saturated heterocycles. The van der Waals surface area contributed by atoms with Crippen molar-refractivity contribution in [1.82, 2.24) is 0 Å². The summed E-state index contributed by atoms with van der Waals surface area (Å²) in [7, 11) is 3.23. The minimum Gasteiger partial charge on any atom is -0.493 e. The first-order valence-corrected chi connectivity index (χ1v) is 6.70. The standard InChI is InChI=1S/C17H20O3/c1-4-13-8-5-6-9-14(13)12-20-16-11-7-10-15(18-2)17(16)19-3/h5-11H,4,12H2,1-3H3. The third kappa shape index (κ3) is 3.05. The maximum atomic E-state index is 5.89. The van der Waals surface area contributed by atoms with E-state index in [9.17, 15) is 0 Å². The molecule has 0 unspecified atom stereocenters. The molecule has 2 rings (SSSR count). The fourth-order valence-electron chi connectivity index (χ4n) is 2.17. The molecule has 0 saturated carbocycles. The van der Waals surface area contributed by atoms with Crippen LogP contribution in [0.15, 0.2) is 42.5 Å². The number of methoxy groups -OCH3 is 2. The molecule has 2 aromatic rings. The molecule has 3 heteroatoms. The maximum Gasteiger partial charge on any atom is 0.203 e. The first kappa shape index (κ1) is 14.3. The zero-order valence-electron chi connectivity index (χ0n) is 12.2. The van der Waals surface area contributed by atoms with Crippen molar-refractivity contribution in [2.75, 3.05) is 14.2 Å². The first-order valence-electron chi connectivity index (χ1n) is 6.70. The Morgan fingerprint density at radius 2 is 1.50 bits per heavy atom. The predicted molar refractivity (Wildman–Crippen MR) is 79.7 cm³/mol. The van der Waals surface area contributed by atoms with Gasteiger partial charge in [0, 0.05) is 0 Å². The summed E-state index contributed by atoms with van der Waals surface area (Å²) < 4.78 is 16.5. The van der Waals surface area contributed by atoms with E-state index < -0.39 is 0 Å². The summed E-state index contributed by atoms with van der Waals surface area (Å²) in [6.45, 7) is 2.67. The molecule has 0 aromatic heterocycles. The maximum absolute atomic E-state index is 5.89. The van der Waals surface area contributed by atoms with Gasteiger partial charge in [0.2, 0.25) is 5.75 Å². The van der Waals surface area contributed by atoms with Gasteiger partial charge < -0.3 is 14.2 Å². The van der Waals surface area contributed by atoms with Crippen molar-refractivity contribution in [3.05, 3.63) is 53.6 Å². The van der Waals surface area contributed by atoms with Crippen molar-refractivity contribution >= 4 is 0 Å². The van der Waals surface area contributed by atoms with E-state index >= 15 is 0 Å². The van der Waals surface area contributed by atoms with Crippen LogP contribution in [0.4, 0.5) is 0 Å². The minimum atomic E-state index is 0.521. The molecular formula is C17H20O3. The first-order chi connectivity index (χ1) is 9.80. The van der Waals surface area contributed by atoms with E-state index in [-0.39, 0.29) is 0 Å². The van der Waals surface area contributed by atoms with Gasteiger partial charge in [-0.2, -0.15) is 0 Å². The molecule has 0 aliphatic carbocycles. The second kappa shape index (κ2) is 6.85. The van der Waals surface area contributed by atoms with Crippen LogP contribution >= 0.6 is 0 Å². The number of hydrogen-bond acceptors (Lipinski definition) is 3. The highest BCUT2D eigenvalue weighted by Gasteiger charge is 2.11. The molecule has 0 atom stereocenters. The van der Waals surface area contributed by atoms with Crippen molar-refractivity contribution in [2.45, 2.75) is 20.0 Å². The van der Waals surface area contributed by atoms with Gasteiger partial charge in [-0.3, -0.25) is 0 Å². The third-order valence-electron chi connectivity index (χ3n) is 3.25. The summed E-state index contributed by atoms with van der Waals surface area (Å²) in [5.74, 6) is 2.00. The Hall–Kier alpha value is -2.16. The second-order valence-electron chi connectivity index (χ2n) is 4.40. The zero-order valence-corrected chi connectivity index (χ0v) is 12.2. The predicted octanol–water partition coefficient (Wildman–Crippen LogP) is 3.85. The molecule has 0 fully saturated rings. The lowest BCUT2D eigenvalue weighted by molar-refractivity contribution is 0.275. The van der Waals surface area contributed by atoms with Gasteiger partial charge in [-0.25, -0.2) is 0 Å². The fraction of sp³-hybridized carbons (Fsp3) is 0.294. The topological polar surface area (TPSA) is 27.7 Å². The molecule has 0 aliphatic heterocycles. The van der Waals surface area contributed by atoms with Crippen LogP contribution in [0.2, 0.25) is 0 Å². The monoisotopic (exact) mass is 272 g/mol. The number of para-hydroxylation sites is 1. The highest BCUT2D eigenvalue weighted by atomic mass is 16.5. The Kier molecular flexibility index (Phi) is 4.88. The van der Waals surface area contributed by atoms with Crippen molar-refractivity contribution in [3.63, 3.8) is 0 Å². The Labute approximate surface area is 120 Å². The van der Waals surface area contributed by atoms with Gasteiger partial charge in [0.15, 0.2) is 11.5 Å². The van der Waals surface area contributed by atoms with Crippen LogP contribution in [0.3, 0.4) is 0 Å². The van der Waals surface area contributed by atoms with E-state index in [1.165, 1.54) is 11.1 Å². The number of hydrogen-bond donors (Lipinski definition) is 0. The second-order valence-corrected chi connectivity index (χ2v) is 4.40. The zero-order chi connectivity index (χ0) is 14.4. The molecule has 2 aromatic carbocycles. The van der Waals surface area contributed by atoms with Gasteiger partial charge in [-0.05, 0) is 29.7 Å². The van der Waals surface area contributed by atoms with Gasteiger partial charge in [0.1, 0.15) is 6.61 Å². The van der Waals surface area contributed by atoms with Crippen molar-refractivity contribution in [1.29, 1.82) is 0 Å². The summed E-state index contributed by atoms with van der Waals surface area (Å²) in [6.07, 6.45) is 0.995. The highest BCUT2D eigenvalue weighted by Crippen LogP contribution is 2.37. The molecule has 0 amide bonds. The van der Waals surface area contributed by atoms with Crippen LogP contribution in [0.1, 0.15) is 18.1 Å². The lowest BCUT2D eigenvalue weighted by Crippen LogP contribution is -2.01. The SMILES string of the molecule is CCc1ccccc1COc1cccc(OC)c1OC. The average molecular weight is 272 g/mol. The molecule has 3 nitrogen and oxygen atoms in total. The van der Waals surface area contributed by atoms with Crippen LogP contribution in [0.5, 0.6) is 17.2 Å². The van der Waals surface area contributed by atoms with E-state index in [1.54, 1.807) is 14.2 Å². The minimum absolute atomic E-state index is 0.521. The average Bonchev–Trinajstić information content (AvgIpc) is 2.52. The summed E-state index contributed by atoms with van der Waals surface area (Å²) in [4.78, 5) is 0. The Morgan fingerprint density at radius 3 is 2.15 bits per heavy atom. The molecule has 0 N–H and O–H groups in total. The van der Waals surface area contributed by atoms with Crippen molar-refractivity contribution in [2.24, 2.45) is 0 Å². The van der Waals surface area contributed by atoms with Gasteiger partial charge in [0.25, 0.3) is 0 Å². The summed E-state index contributed by atoms with van der Waals surface area (Å²) in [5, 5.41) is 0. The Morgan fingerprint density at radius 1 is 0.800 bits per heavy atom. The van der Waals surface area contributed by atoms with Crippen LogP contribution in [0, 0.1) is 0 Å². The fourth-order valence-corrected chi connectivity index (χ4v) is 2.17. The summed E-state index contributed by atoms with van der Waals surface area (Å²) in [5.41, 5.74) is 2.49. The number of ether oxygens (including phenoxy) is 3. The molecule has 106 valence electrons. The van der Waals surface area contributed by atoms with Crippen LogP contribution in [0.25, 0.3) is 0 Å². The van der Waals surface area contributed by atoms with E-state index in [0.717, 1.165) is 6.42 Å². The quantitative estimate of drug-likeness (QED) is 0.799. The lowest BCUT2D eigenvalue weighted by Gasteiger charge is -2.14. The Bertz CT molecular complexity index is 564. The smallest absolute Gasteiger partial charge is 0.203 e. The number of benzene rings is 2. The summed E-state index contributed by atoms with van der Waals surface area (Å²) in [6, 6.07) is 13.9. The van der Waals surface area contributed by atoms with Crippen molar-refractivity contribution < 1.29 is 14.2 Å². The van der Waals surface area contributed by atoms with Gasteiger partial charge in [-0.15, -0.1) is 0 Å². The van der Waals surface area contributed by atoms with Crippen LogP contribution < -0.4 is 14.2 Å². The number of aryl methyl sites for hydroxylation is 1. The molecule has 20 heavy (non-hydrogen) atoms. The molecule has 0 bridgehead atoms. The molecule has 0 spiro atoms. The van der Waals surface area contributed by atoms with E-state index in [4.69, 9.17) is 14.2 Å². The van der Waals surface area contributed by atoms with E-state index in [0.29, 0.717) is 23.9 Å². The largest absolute Gasteiger partial charge is 0.493 e. The highest BCUT2D eigenvalue weighted by molar-refractivity contribution is 5.51. The van der Waals surface area contributed by atoms with E-state index in [2.05, 4.69) is 25.1 Å². The molecule has 0 heterocycles. The molecule has 0 radical (unpaired) electrons. The van der Waals surface area contributed by atoms with Crippen LogP contribution in [-0.2, 0) is 13.0 Å². The van der Waals surface area contributed by atoms with Crippen LogP contribution in [-0.4, -0.2) is 14.2 Å². The molecular weight excluding hydrogens is 252 g/mol. The van der Waals surface area contributed by atoms with E-state index in [1.807, 2.05) is 24.3 Å². The summed E-state index contributed by atoms with van der Waals surface area (Å²) >= 11 is 0. The van der Waals surface area contributed by atoms with Crippen molar-refractivity contribution in [3.8, 4) is 17.2 Å². The number of rotatable bonds is 6. The Balaban J connectivity index is 2.19. The normalized spacial score (nSPS) is 10.2. The van der Waals surface area contributed by atoms with Gasteiger partial charge in [0.05, 0.1) is 14.2 Å².